The van der Waals surface area contributed by atoms with E-state index in [0.29, 0.717) is 6.04 Å². The van der Waals surface area contributed by atoms with Crippen molar-refractivity contribution in [3.63, 3.8) is 0 Å². The summed E-state index contributed by atoms with van der Waals surface area (Å²) in [6.07, 6.45) is 11.3. The van der Waals surface area contributed by atoms with Crippen molar-refractivity contribution >= 4 is 0 Å². The standard InChI is InChI=1S/C14H27NO2/c1-16-13(17-2)11-15-12-5-9-14(10-6-12)7-3-4-8-14/h12-13,15H,3-11H2,1-2H3. The van der Waals surface area contributed by atoms with Gasteiger partial charge in [0.25, 0.3) is 0 Å². The summed E-state index contributed by atoms with van der Waals surface area (Å²) >= 11 is 0. The summed E-state index contributed by atoms with van der Waals surface area (Å²) in [7, 11) is 3.40. The van der Waals surface area contributed by atoms with Crippen LogP contribution in [0.4, 0.5) is 0 Å². The number of nitrogens with one attached hydrogen (secondary N) is 1. The third-order valence-electron chi connectivity index (χ3n) is 4.81. The van der Waals surface area contributed by atoms with Crippen LogP contribution < -0.4 is 5.32 Å². The highest BCUT2D eigenvalue weighted by molar-refractivity contribution is 4.91. The molecule has 2 saturated carbocycles. The molecule has 0 aromatic heterocycles. The summed E-state index contributed by atoms with van der Waals surface area (Å²) in [5, 5.41) is 3.58. The van der Waals surface area contributed by atoms with E-state index in [-0.39, 0.29) is 6.29 Å². The molecule has 1 N–H and O–H groups in total. The number of hydrogen-bond donors (Lipinski definition) is 1. The van der Waals surface area contributed by atoms with Crippen molar-refractivity contribution in [3.8, 4) is 0 Å². The Bertz CT molecular complexity index is 210. The Balaban J connectivity index is 1.68. The Morgan fingerprint density at radius 3 is 2.18 bits per heavy atom. The van der Waals surface area contributed by atoms with E-state index in [2.05, 4.69) is 5.32 Å². The molecule has 100 valence electrons. The zero-order chi connectivity index (χ0) is 12.1. The van der Waals surface area contributed by atoms with Gasteiger partial charge in [-0.2, -0.15) is 0 Å². The van der Waals surface area contributed by atoms with E-state index in [1.54, 1.807) is 14.2 Å². The van der Waals surface area contributed by atoms with Crippen LogP contribution >= 0.6 is 0 Å². The summed E-state index contributed by atoms with van der Waals surface area (Å²) in [5.74, 6) is 0. The molecule has 0 bridgehead atoms. The zero-order valence-corrected chi connectivity index (χ0v) is 11.3. The van der Waals surface area contributed by atoms with Crippen molar-refractivity contribution in [2.24, 2.45) is 5.41 Å². The molecule has 0 radical (unpaired) electrons. The highest BCUT2D eigenvalue weighted by atomic mass is 16.7. The van der Waals surface area contributed by atoms with E-state index in [1.807, 2.05) is 0 Å². The third-order valence-corrected chi connectivity index (χ3v) is 4.81. The van der Waals surface area contributed by atoms with Gasteiger partial charge in [0.1, 0.15) is 0 Å². The van der Waals surface area contributed by atoms with Gasteiger partial charge in [-0.05, 0) is 43.9 Å². The van der Waals surface area contributed by atoms with Gasteiger partial charge in [-0.15, -0.1) is 0 Å². The lowest BCUT2D eigenvalue weighted by Gasteiger charge is -2.38. The van der Waals surface area contributed by atoms with Crippen LogP contribution in [0.3, 0.4) is 0 Å². The molecule has 0 saturated heterocycles. The Morgan fingerprint density at radius 2 is 1.65 bits per heavy atom. The van der Waals surface area contributed by atoms with Crippen LogP contribution in [0, 0.1) is 5.41 Å². The second kappa shape index (κ2) is 6.17. The molecule has 2 fully saturated rings. The summed E-state index contributed by atoms with van der Waals surface area (Å²) < 4.78 is 10.4. The Morgan fingerprint density at radius 1 is 1.06 bits per heavy atom. The molecule has 3 nitrogen and oxygen atoms in total. The number of methoxy groups -OCH3 is 2. The minimum atomic E-state index is -0.0997. The molecule has 0 heterocycles. The van der Waals surface area contributed by atoms with Crippen molar-refractivity contribution in [1.29, 1.82) is 0 Å². The normalized spacial score (nSPS) is 24.9. The van der Waals surface area contributed by atoms with Gasteiger partial charge < -0.3 is 14.8 Å². The molecular formula is C14H27NO2. The van der Waals surface area contributed by atoms with Crippen LogP contribution in [-0.4, -0.2) is 33.1 Å². The maximum atomic E-state index is 5.20. The van der Waals surface area contributed by atoms with E-state index in [4.69, 9.17) is 9.47 Å². The van der Waals surface area contributed by atoms with E-state index in [9.17, 15) is 0 Å². The molecule has 2 aliphatic carbocycles. The number of rotatable bonds is 5. The van der Waals surface area contributed by atoms with Gasteiger partial charge in [-0.25, -0.2) is 0 Å². The molecule has 0 unspecified atom stereocenters. The van der Waals surface area contributed by atoms with Crippen LogP contribution in [0.25, 0.3) is 0 Å². The van der Waals surface area contributed by atoms with Crippen molar-refractivity contribution in [3.05, 3.63) is 0 Å². The Hall–Kier alpha value is -0.120. The molecular weight excluding hydrogens is 214 g/mol. The van der Waals surface area contributed by atoms with Gasteiger partial charge in [-0.1, -0.05) is 12.8 Å². The highest BCUT2D eigenvalue weighted by Crippen LogP contribution is 2.48. The van der Waals surface area contributed by atoms with Crippen LogP contribution in [0.1, 0.15) is 51.4 Å². The van der Waals surface area contributed by atoms with E-state index >= 15 is 0 Å². The predicted molar refractivity (Wildman–Crippen MR) is 69.0 cm³/mol. The maximum Gasteiger partial charge on any atom is 0.169 e. The minimum Gasteiger partial charge on any atom is -0.355 e. The van der Waals surface area contributed by atoms with Gasteiger partial charge >= 0.3 is 0 Å². The Labute approximate surface area is 105 Å². The molecule has 0 aromatic rings. The zero-order valence-electron chi connectivity index (χ0n) is 11.3. The molecule has 0 amide bonds. The lowest BCUT2D eigenvalue weighted by Crippen LogP contribution is -2.41. The monoisotopic (exact) mass is 241 g/mol. The van der Waals surface area contributed by atoms with Crippen molar-refractivity contribution < 1.29 is 9.47 Å². The van der Waals surface area contributed by atoms with Crippen LogP contribution in [0.2, 0.25) is 0 Å². The average molecular weight is 241 g/mol. The molecule has 2 rings (SSSR count). The summed E-state index contributed by atoms with van der Waals surface area (Å²) in [4.78, 5) is 0. The first-order valence-corrected chi connectivity index (χ1v) is 7.07. The second-order valence-electron chi connectivity index (χ2n) is 5.79. The van der Waals surface area contributed by atoms with Crippen molar-refractivity contribution in [2.45, 2.75) is 63.7 Å². The van der Waals surface area contributed by atoms with Gasteiger partial charge in [0.05, 0.1) is 0 Å². The molecule has 0 atom stereocenters. The number of ether oxygens (including phenoxy) is 2. The lowest BCUT2D eigenvalue weighted by molar-refractivity contribution is -0.101. The summed E-state index contributed by atoms with van der Waals surface area (Å²) in [6, 6.07) is 0.675. The third kappa shape index (κ3) is 3.43. The van der Waals surface area contributed by atoms with Crippen molar-refractivity contribution in [2.75, 3.05) is 20.8 Å². The smallest absolute Gasteiger partial charge is 0.169 e. The lowest BCUT2D eigenvalue weighted by atomic mass is 9.71. The van der Waals surface area contributed by atoms with Crippen LogP contribution in [0.15, 0.2) is 0 Å². The second-order valence-corrected chi connectivity index (χ2v) is 5.79. The van der Waals surface area contributed by atoms with Crippen molar-refractivity contribution in [1.82, 2.24) is 5.32 Å². The first-order valence-electron chi connectivity index (χ1n) is 7.07. The number of hydrogen-bond acceptors (Lipinski definition) is 3. The first-order chi connectivity index (χ1) is 8.28. The Kier molecular flexibility index (Phi) is 4.83. The fourth-order valence-corrected chi connectivity index (χ4v) is 3.59. The highest BCUT2D eigenvalue weighted by Gasteiger charge is 2.37. The maximum absolute atomic E-state index is 5.20. The summed E-state index contributed by atoms with van der Waals surface area (Å²) in [6.45, 7) is 0.810. The largest absolute Gasteiger partial charge is 0.355 e. The van der Waals surface area contributed by atoms with Crippen LogP contribution in [-0.2, 0) is 9.47 Å². The minimum absolute atomic E-state index is 0.0997. The molecule has 0 aliphatic heterocycles. The summed E-state index contributed by atoms with van der Waals surface area (Å²) in [5.41, 5.74) is 0.736. The van der Waals surface area contributed by atoms with E-state index < -0.39 is 0 Å². The quantitative estimate of drug-likeness (QED) is 0.751. The molecule has 1 spiro atoms. The van der Waals surface area contributed by atoms with Crippen LogP contribution in [0.5, 0.6) is 0 Å². The fourth-order valence-electron chi connectivity index (χ4n) is 3.59. The van der Waals surface area contributed by atoms with E-state index in [1.165, 1.54) is 51.4 Å². The predicted octanol–water partition coefficient (Wildman–Crippen LogP) is 2.70. The molecule has 0 aromatic carbocycles. The fraction of sp³-hybridized carbons (Fsp3) is 1.00. The molecule has 17 heavy (non-hydrogen) atoms. The topological polar surface area (TPSA) is 30.5 Å². The average Bonchev–Trinajstić information content (AvgIpc) is 2.81. The first kappa shape index (κ1) is 13.3. The van der Waals surface area contributed by atoms with Gasteiger partial charge in [-0.3, -0.25) is 0 Å². The van der Waals surface area contributed by atoms with Gasteiger partial charge in [0, 0.05) is 26.8 Å². The SMILES string of the molecule is COC(CNC1CCC2(CCCC2)CC1)OC. The molecule has 2 aliphatic rings. The van der Waals surface area contributed by atoms with Gasteiger partial charge in [0.15, 0.2) is 6.29 Å². The van der Waals surface area contributed by atoms with E-state index in [0.717, 1.165) is 12.0 Å². The molecule has 3 heteroatoms. The van der Waals surface area contributed by atoms with Gasteiger partial charge in [0.2, 0.25) is 0 Å².